The minimum absolute atomic E-state index is 0.0851. The highest BCUT2D eigenvalue weighted by atomic mass is 32.2. The number of carbonyl (C=O) groups is 3. The Hall–Kier alpha value is -2.08. The van der Waals surface area contributed by atoms with Gasteiger partial charge in [-0.1, -0.05) is 42.1 Å². The van der Waals surface area contributed by atoms with Crippen LogP contribution in [0.25, 0.3) is 6.08 Å². The molecule has 2 heterocycles. The molecule has 3 amide bonds. The summed E-state index contributed by atoms with van der Waals surface area (Å²) in [6.45, 7) is 1.00. The first-order valence-corrected chi connectivity index (χ1v) is 8.14. The number of nitrogens with zero attached hydrogens (tertiary/aromatic N) is 2. The van der Waals surface area contributed by atoms with Crippen molar-refractivity contribution in [2.24, 2.45) is 0 Å². The Labute approximate surface area is 133 Å². The van der Waals surface area contributed by atoms with Crippen molar-refractivity contribution in [2.45, 2.75) is 12.5 Å². The number of rotatable bonds is 3. The molecule has 114 valence electrons. The first-order valence-electron chi connectivity index (χ1n) is 7.16. The van der Waals surface area contributed by atoms with E-state index in [-0.39, 0.29) is 28.8 Å². The molecule has 3 rings (SSSR count). The van der Waals surface area contributed by atoms with Crippen LogP contribution in [0, 0.1) is 0 Å². The van der Waals surface area contributed by atoms with Gasteiger partial charge in [0.2, 0.25) is 11.8 Å². The maximum absolute atomic E-state index is 12.2. The van der Waals surface area contributed by atoms with Gasteiger partial charge >= 0.3 is 0 Å². The van der Waals surface area contributed by atoms with Crippen LogP contribution >= 0.6 is 11.8 Å². The van der Waals surface area contributed by atoms with Crippen molar-refractivity contribution in [1.82, 2.24) is 9.80 Å². The van der Waals surface area contributed by atoms with Crippen molar-refractivity contribution in [3.8, 4) is 0 Å². The van der Waals surface area contributed by atoms with E-state index in [2.05, 4.69) is 0 Å². The van der Waals surface area contributed by atoms with E-state index in [4.69, 9.17) is 0 Å². The van der Waals surface area contributed by atoms with Gasteiger partial charge in [-0.2, -0.15) is 0 Å². The van der Waals surface area contributed by atoms with Gasteiger partial charge in [-0.25, -0.2) is 0 Å². The quantitative estimate of drug-likeness (QED) is 0.800. The zero-order valence-electron chi connectivity index (χ0n) is 12.0. The minimum atomic E-state index is -0.191. The van der Waals surface area contributed by atoms with Crippen LogP contribution in [0.3, 0.4) is 0 Å². The minimum Gasteiger partial charge on any atom is -0.337 e. The number of carbonyl (C=O) groups excluding carboxylic acids is 3. The average molecular weight is 316 g/mol. The Morgan fingerprint density at radius 1 is 1.23 bits per heavy atom. The van der Waals surface area contributed by atoms with E-state index in [0.29, 0.717) is 19.5 Å². The van der Waals surface area contributed by atoms with Crippen molar-refractivity contribution in [1.29, 1.82) is 0 Å². The van der Waals surface area contributed by atoms with Crippen LogP contribution in [0.5, 0.6) is 0 Å². The Morgan fingerprint density at radius 2 is 2.00 bits per heavy atom. The first-order chi connectivity index (χ1) is 10.6. The first kappa shape index (κ1) is 14.8. The maximum atomic E-state index is 12.2. The smallest absolute Gasteiger partial charge is 0.289 e. The van der Waals surface area contributed by atoms with Crippen molar-refractivity contribution >= 4 is 34.9 Å². The summed E-state index contributed by atoms with van der Waals surface area (Å²) in [7, 11) is 0. The summed E-state index contributed by atoms with van der Waals surface area (Å²) in [6, 6.07) is 9.43. The lowest BCUT2D eigenvalue weighted by Crippen LogP contribution is -2.41. The van der Waals surface area contributed by atoms with Gasteiger partial charge in [0.05, 0.1) is 11.8 Å². The summed E-state index contributed by atoms with van der Waals surface area (Å²) in [4.78, 5) is 38.6. The Balaban J connectivity index is 1.60. The normalized spacial score (nSPS) is 22.1. The molecular weight excluding hydrogens is 300 g/mol. The molecule has 0 aliphatic carbocycles. The third kappa shape index (κ3) is 3.06. The highest BCUT2D eigenvalue weighted by molar-refractivity contribution is 8.14. The molecule has 1 unspecified atom stereocenters. The summed E-state index contributed by atoms with van der Waals surface area (Å²) >= 11 is 1.04. The zero-order valence-corrected chi connectivity index (χ0v) is 12.8. The highest BCUT2D eigenvalue weighted by Crippen LogP contribution is 2.26. The van der Waals surface area contributed by atoms with Gasteiger partial charge in [0.25, 0.3) is 5.24 Å². The lowest BCUT2D eigenvalue weighted by molar-refractivity contribution is -0.128. The van der Waals surface area contributed by atoms with E-state index >= 15 is 0 Å². The largest absolute Gasteiger partial charge is 0.337 e. The van der Waals surface area contributed by atoms with E-state index in [9.17, 15) is 14.4 Å². The van der Waals surface area contributed by atoms with Gasteiger partial charge in [-0.15, -0.1) is 0 Å². The molecule has 2 aliphatic rings. The summed E-state index contributed by atoms with van der Waals surface area (Å²) in [6.07, 6.45) is 3.97. The van der Waals surface area contributed by atoms with Crippen molar-refractivity contribution in [2.75, 3.05) is 18.8 Å². The number of benzene rings is 1. The Bertz CT molecular complexity index is 614. The molecule has 6 heteroatoms. The fourth-order valence-electron chi connectivity index (χ4n) is 2.71. The molecule has 1 atom stereocenters. The number of thioether (sulfide) groups is 1. The van der Waals surface area contributed by atoms with Crippen LogP contribution in [-0.2, 0) is 9.59 Å². The Morgan fingerprint density at radius 3 is 2.68 bits per heavy atom. The van der Waals surface area contributed by atoms with E-state index in [1.54, 1.807) is 17.1 Å². The van der Waals surface area contributed by atoms with Crippen LogP contribution in [-0.4, -0.2) is 51.7 Å². The van der Waals surface area contributed by atoms with Crippen LogP contribution in [0.4, 0.5) is 4.79 Å². The van der Waals surface area contributed by atoms with E-state index in [1.807, 2.05) is 30.3 Å². The maximum Gasteiger partial charge on any atom is 0.289 e. The summed E-state index contributed by atoms with van der Waals surface area (Å²) in [5, 5.41) is -0.191. The lowest BCUT2D eigenvalue weighted by Gasteiger charge is -2.21. The van der Waals surface area contributed by atoms with Gasteiger partial charge in [0.15, 0.2) is 0 Å². The number of likely N-dealkylation sites (tertiary alicyclic amines) is 1. The second-order valence-corrected chi connectivity index (χ2v) is 6.22. The van der Waals surface area contributed by atoms with Crippen LogP contribution in [0.15, 0.2) is 36.4 Å². The second-order valence-electron chi connectivity index (χ2n) is 5.29. The van der Waals surface area contributed by atoms with Crippen LogP contribution in [0.1, 0.15) is 12.0 Å². The third-order valence-electron chi connectivity index (χ3n) is 3.84. The average Bonchev–Trinajstić information content (AvgIpc) is 3.13. The molecule has 0 spiro atoms. The molecule has 1 aromatic rings. The molecule has 0 N–H and O–H groups in total. The molecule has 0 aromatic heterocycles. The van der Waals surface area contributed by atoms with Gasteiger partial charge in [0, 0.05) is 19.2 Å². The number of hydrogen-bond donors (Lipinski definition) is 0. The van der Waals surface area contributed by atoms with Crippen LogP contribution < -0.4 is 0 Å². The topological polar surface area (TPSA) is 57.7 Å². The number of amides is 3. The molecule has 2 fully saturated rings. The zero-order chi connectivity index (χ0) is 15.5. The third-order valence-corrected chi connectivity index (χ3v) is 4.68. The predicted octanol–water partition coefficient (Wildman–Crippen LogP) is 2.00. The van der Waals surface area contributed by atoms with Crippen molar-refractivity contribution < 1.29 is 14.4 Å². The van der Waals surface area contributed by atoms with Crippen molar-refractivity contribution in [3.05, 3.63) is 42.0 Å². The van der Waals surface area contributed by atoms with Crippen molar-refractivity contribution in [3.63, 3.8) is 0 Å². The molecule has 5 nitrogen and oxygen atoms in total. The van der Waals surface area contributed by atoms with Gasteiger partial charge in [-0.05, 0) is 18.1 Å². The van der Waals surface area contributed by atoms with Crippen LogP contribution in [0.2, 0.25) is 0 Å². The molecule has 2 saturated heterocycles. The molecule has 2 aliphatic heterocycles. The highest BCUT2D eigenvalue weighted by Gasteiger charge is 2.39. The number of imide groups is 1. The molecule has 0 radical (unpaired) electrons. The molecule has 1 aromatic carbocycles. The van der Waals surface area contributed by atoms with E-state index < -0.39 is 0 Å². The lowest BCUT2D eigenvalue weighted by atomic mass is 10.2. The van der Waals surface area contributed by atoms with E-state index in [1.165, 1.54) is 4.90 Å². The fraction of sp³-hybridized carbons (Fsp3) is 0.312. The molecule has 0 bridgehead atoms. The van der Waals surface area contributed by atoms with Gasteiger partial charge < -0.3 is 4.90 Å². The molecule has 0 saturated carbocycles. The standard InChI is InChI=1S/C16H16N2O3S/c19-14(7-6-12-4-2-1-3-5-12)17-9-8-13(10-17)18-15(20)11-22-16(18)21/h1-7,13H,8-11H2/b7-6+. The SMILES string of the molecule is O=C(/C=C/c1ccccc1)N1CCC(N2C(=O)CSC2=O)C1. The van der Waals surface area contributed by atoms with Gasteiger partial charge in [-0.3, -0.25) is 19.3 Å². The fourth-order valence-corrected chi connectivity index (χ4v) is 3.48. The second kappa shape index (κ2) is 6.36. The molecule has 22 heavy (non-hydrogen) atoms. The Kier molecular flexibility index (Phi) is 4.29. The number of hydrogen-bond acceptors (Lipinski definition) is 4. The summed E-state index contributed by atoms with van der Waals surface area (Å²) in [5.74, 6) is -0.00998. The molecular formula is C16H16N2O3S. The van der Waals surface area contributed by atoms with E-state index in [0.717, 1.165) is 17.3 Å². The summed E-state index contributed by atoms with van der Waals surface area (Å²) in [5.41, 5.74) is 0.966. The monoisotopic (exact) mass is 316 g/mol. The predicted molar refractivity (Wildman–Crippen MR) is 85.2 cm³/mol. The summed E-state index contributed by atoms with van der Waals surface area (Å²) < 4.78 is 0. The van der Waals surface area contributed by atoms with Gasteiger partial charge in [0.1, 0.15) is 0 Å².